The fraction of sp³-hybridized carbons (Fsp3) is 0.150. The number of ether oxygens (including phenoxy) is 1. The molecular formula is C20H15F3N2O3S. The highest BCUT2D eigenvalue weighted by Crippen LogP contribution is 2.35. The fourth-order valence-electron chi connectivity index (χ4n) is 2.51. The molecule has 5 nitrogen and oxygen atoms in total. The van der Waals surface area contributed by atoms with E-state index in [9.17, 15) is 22.8 Å². The molecule has 0 aliphatic rings. The first-order valence-corrected chi connectivity index (χ1v) is 9.28. The standard InChI is InChI=1S/C20H15F3N2O3S/c1-13(26)25(17-9-5-8-15(10-17)20(21,22)23)19-24-16(12-29-19)11-28-18(27)14-6-3-2-4-7-14/h2-10,12H,11H2,1H3. The van der Waals surface area contributed by atoms with Crippen molar-refractivity contribution in [3.05, 3.63) is 76.8 Å². The fourth-order valence-corrected chi connectivity index (χ4v) is 3.38. The molecule has 9 heteroatoms. The highest BCUT2D eigenvalue weighted by molar-refractivity contribution is 7.14. The predicted octanol–water partition coefficient (Wildman–Crippen LogP) is 5.20. The second-order valence-corrected chi connectivity index (χ2v) is 6.80. The van der Waals surface area contributed by atoms with E-state index in [0.717, 1.165) is 28.4 Å². The van der Waals surface area contributed by atoms with Gasteiger partial charge in [-0.2, -0.15) is 13.2 Å². The number of rotatable bonds is 5. The lowest BCUT2D eigenvalue weighted by molar-refractivity contribution is -0.137. The second-order valence-electron chi connectivity index (χ2n) is 5.97. The zero-order valence-electron chi connectivity index (χ0n) is 15.1. The first kappa shape index (κ1) is 20.5. The van der Waals surface area contributed by atoms with Gasteiger partial charge >= 0.3 is 12.1 Å². The number of carbonyl (C=O) groups is 2. The molecule has 3 rings (SSSR count). The van der Waals surface area contributed by atoms with Gasteiger partial charge in [0.15, 0.2) is 5.13 Å². The Hall–Kier alpha value is -3.20. The number of nitrogens with zero attached hydrogens (tertiary/aromatic N) is 2. The topological polar surface area (TPSA) is 59.5 Å². The average molecular weight is 420 g/mol. The lowest BCUT2D eigenvalue weighted by Gasteiger charge is -2.19. The number of halogens is 3. The van der Waals surface area contributed by atoms with E-state index < -0.39 is 23.6 Å². The average Bonchev–Trinajstić information content (AvgIpc) is 3.14. The summed E-state index contributed by atoms with van der Waals surface area (Å²) in [6.45, 7) is 1.11. The van der Waals surface area contributed by atoms with Gasteiger partial charge in [0.2, 0.25) is 5.91 Å². The van der Waals surface area contributed by atoms with Gasteiger partial charge in [-0.3, -0.25) is 9.69 Å². The number of hydrogen-bond donors (Lipinski definition) is 0. The molecule has 0 atom stereocenters. The van der Waals surface area contributed by atoms with E-state index in [-0.39, 0.29) is 17.4 Å². The van der Waals surface area contributed by atoms with E-state index in [1.165, 1.54) is 19.1 Å². The molecular weight excluding hydrogens is 405 g/mol. The molecule has 150 valence electrons. The number of esters is 1. The van der Waals surface area contributed by atoms with Crippen molar-refractivity contribution < 1.29 is 27.5 Å². The lowest BCUT2D eigenvalue weighted by Crippen LogP contribution is -2.23. The van der Waals surface area contributed by atoms with E-state index in [2.05, 4.69) is 4.98 Å². The van der Waals surface area contributed by atoms with E-state index in [0.29, 0.717) is 11.3 Å². The molecule has 0 aliphatic heterocycles. The van der Waals surface area contributed by atoms with Crippen LogP contribution in [-0.4, -0.2) is 16.9 Å². The third kappa shape index (κ3) is 5.00. The largest absolute Gasteiger partial charge is 0.456 e. The Labute approximate surface area is 168 Å². The van der Waals surface area contributed by atoms with Crippen LogP contribution < -0.4 is 4.90 Å². The van der Waals surface area contributed by atoms with Gasteiger partial charge in [0, 0.05) is 12.3 Å². The monoisotopic (exact) mass is 420 g/mol. The molecule has 0 saturated carbocycles. The highest BCUT2D eigenvalue weighted by Gasteiger charge is 2.31. The molecule has 3 aromatic rings. The minimum absolute atomic E-state index is 0.0505. The summed E-state index contributed by atoms with van der Waals surface area (Å²) in [5, 5.41) is 1.76. The zero-order valence-corrected chi connectivity index (χ0v) is 16.0. The van der Waals surface area contributed by atoms with E-state index in [4.69, 9.17) is 4.74 Å². The van der Waals surface area contributed by atoms with Gasteiger partial charge in [-0.25, -0.2) is 9.78 Å². The van der Waals surface area contributed by atoms with Crippen molar-refractivity contribution in [2.24, 2.45) is 0 Å². The van der Waals surface area contributed by atoms with Crippen molar-refractivity contribution in [1.82, 2.24) is 4.98 Å². The summed E-state index contributed by atoms with van der Waals surface area (Å²) in [7, 11) is 0. The van der Waals surface area contributed by atoms with Crippen molar-refractivity contribution in [3.8, 4) is 0 Å². The molecule has 1 amide bonds. The van der Waals surface area contributed by atoms with Crippen LogP contribution >= 0.6 is 11.3 Å². The minimum atomic E-state index is -4.53. The van der Waals surface area contributed by atoms with Crippen molar-refractivity contribution in [2.75, 3.05) is 4.90 Å². The molecule has 0 N–H and O–H groups in total. The number of carbonyl (C=O) groups excluding carboxylic acids is 2. The molecule has 2 aromatic carbocycles. The molecule has 0 bridgehead atoms. The molecule has 0 aliphatic carbocycles. The van der Waals surface area contributed by atoms with E-state index in [1.807, 2.05) is 0 Å². The predicted molar refractivity (Wildman–Crippen MR) is 102 cm³/mol. The number of hydrogen-bond acceptors (Lipinski definition) is 5. The summed E-state index contributed by atoms with van der Waals surface area (Å²) in [5.74, 6) is -1.02. The SMILES string of the molecule is CC(=O)N(c1cccc(C(F)(F)F)c1)c1nc(COC(=O)c2ccccc2)cs1. The summed E-state index contributed by atoms with van der Waals surface area (Å²) in [4.78, 5) is 29.4. The first-order chi connectivity index (χ1) is 13.8. The lowest BCUT2D eigenvalue weighted by atomic mass is 10.2. The molecule has 1 heterocycles. The molecule has 29 heavy (non-hydrogen) atoms. The Kier molecular flexibility index (Phi) is 5.97. The van der Waals surface area contributed by atoms with Gasteiger partial charge in [-0.1, -0.05) is 24.3 Å². The third-order valence-corrected chi connectivity index (χ3v) is 4.71. The molecule has 0 saturated heterocycles. The van der Waals surface area contributed by atoms with Crippen molar-refractivity contribution in [2.45, 2.75) is 19.7 Å². The van der Waals surface area contributed by atoms with Crippen molar-refractivity contribution in [3.63, 3.8) is 0 Å². The highest BCUT2D eigenvalue weighted by atomic mass is 32.1. The van der Waals surface area contributed by atoms with Gasteiger partial charge in [-0.15, -0.1) is 11.3 Å². The van der Waals surface area contributed by atoms with Crippen LogP contribution in [0.25, 0.3) is 0 Å². The van der Waals surface area contributed by atoms with Crippen LogP contribution in [0.3, 0.4) is 0 Å². The minimum Gasteiger partial charge on any atom is -0.456 e. The quantitative estimate of drug-likeness (QED) is 0.532. The van der Waals surface area contributed by atoms with Gasteiger partial charge in [-0.05, 0) is 30.3 Å². The van der Waals surface area contributed by atoms with Crippen LogP contribution in [0.1, 0.15) is 28.5 Å². The number of aromatic nitrogens is 1. The molecule has 1 aromatic heterocycles. The van der Waals surface area contributed by atoms with Gasteiger partial charge in [0.25, 0.3) is 0 Å². The smallest absolute Gasteiger partial charge is 0.416 e. The van der Waals surface area contributed by atoms with Crippen LogP contribution in [0.15, 0.2) is 60.0 Å². The van der Waals surface area contributed by atoms with Crippen LogP contribution in [0.2, 0.25) is 0 Å². The zero-order chi connectivity index (χ0) is 21.0. The maximum atomic E-state index is 13.0. The number of alkyl halides is 3. The van der Waals surface area contributed by atoms with Crippen molar-refractivity contribution >= 4 is 34.0 Å². The Morgan fingerprint density at radius 2 is 1.83 bits per heavy atom. The van der Waals surface area contributed by atoms with Crippen LogP contribution in [0.5, 0.6) is 0 Å². The second kappa shape index (κ2) is 8.44. The maximum absolute atomic E-state index is 13.0. The Balaban J connectivity index is 1.78. The van der Waals surface area contributed by atoms with Crippen LogP contribution in [0.4, 0.5) is 24.0 Å². The summed E-state index contributed by atoms with van der Waals surface area (Å²) in [5.41, 5.74) is -0.0471. The molecule has 0 fully saturated rings. The van der Waals surface area contributed by atoms with Crippen molar-refractivity contribution in [1.29, 1.82) is 0 Å². The van der Waals surface area contributed by atoms with Gasteiger partial charge < -0.3 is 4.74 Å². The number of thiazole rings is 1. The Bertz CT molecular complexity index is 1020. The normalized spacial score (nSPS) is 11.2. The molecule has 0 radical (unpaired) electrons. The summed E-state index contributed by atoms with van der Waals surface area (Å²) in [6.07, 6.45) is -4.53. The number of benzene rings is 2. The van der Waals surface area contributed by atoms with E-state index in [1.54, 1.807) is 35.7 Å². The Morgan fingerprint density at radius 3 is 2.48 bits per heavy atom. The summed E-state index contributed by atoms with van der Waals surface area (Å²) >= 11 is 1.06. The third-order valence-electron chi connectivity index (χ3n) is 3.84. The van der Waals surface area contributed by atoms with Gasteiger partial charge in [0.05, 0.1) is 22.5 Å². The first-order valence-electron chi connectivity index (χ1n) is 8.40. The van der Waals surface area contributed by atoms with Crippen LogP contribution in [0, 0.1) is 0 Å². The number of anilines is 2. The molecule has 0 unspecified atom stereocenters. The number of amides is 1. The molecule has 0 spiro atoms. The summed E-state index contributed by atoms with van der Waals surface area (Å²) in [6, 6.07) is 12.8. The van der Waals surface area contributed by atoms with E-state index >= 15 is 0 Å². The maximum Gasteiger partial charge on any atom is 0.416 e. The van der Waals surface area contributed by atoms with Crippen LogP contribution in [-0.2, 0) is 22.3 Å². The Morgan fingerprint density at radius 1 is 1.10 bits per heavy atom. The van der Waals surface area contributed by atoms with Gasteiger partial charge in [0.1, 0.15) is 6.61 Å². The summed E-state index contributed by atoms with van der Waals surface area (Å²) < 4.78 is 44.2.